The number of thiazole rings is 1. The summed E-state index contributed by atoms with van der Waals surface area (Å²) in [6.45, 7) is 0. The van der Waals surface area contributed by atoms with Crippen molar-refractivity contribution in [1.29, 1.82) is 0 Å². The third-order valence-electron chi connectivity index (χ3n) is 3.84. The maximum Gasteiger partial charge on any atom is 0.270 e. The Balaban J connectivity index is 1.65. The van der Waals surface area contributed by atoms with Crippen LogP contribution in [0, 0.1) is 10.1 Å². The second-order valence-electron chi connectivity index (χ2n) is 5.49. The van der Waals surface area contributed by atoms with Gasteiger partial charge in [0.15, 0.2) is 5.13 Å². The number of methoxy groups -OCH3 is 1. The minimum absolute atomic E-state index is 0.0227. The first-order chi connectivity index (χ1) is 13.0. The summed E-state index contributed by atoms with van der Waals surface area (Å²) in [6, 6.07) is 9.79. The van der Waals surface area contributed by atoms with Crippen molar-refractivity contribution in [2.45, 2.75) is 0 Å². The molecule has 0 aliphatic rings. The summed E-state index contributed by atoms with van der Waals surface area (Å²) in [7, 11) is 1.56. The van der Waals surface area contributed by atoms with Gasteiger partial charge in [-0.2, -0.15) is 0 Å². The summed E-state index contributed by atoms with van der Waals surface area (Å²) >= 11 is 8.82. The van der Waals surface area contributed by atoms with Crippen molar-refractivity contribution in [1.82, 2.24) is 4.98 Å². The molecule has 7 nitrogen and oxygen atoms in total. The number of rotatable bonds is 4. The number of nitrogens with zero attached hydrogens (tertiary/aromatic N) is 2. The zero-order valence-electron chi connectivity index (χ0n) is 13.7. The number of fused-ring (bicyclic) bond motifs is 2. The van der Waals surface area contributed by atoms with Crippen LogP contribution in [-0.4, -0.2) is 22.9 Å². The van der Waals surface area contributed by atoms with Crippen molar-refractivity contribution in [3.63, 3.8) is 0 Å². The first-order valence-corrected chi connectivity index (χ1v) is 9.59. The molecule has 0 spiro atoms. The van der Waals surface area contributed by atoms with Crippen LogP contribution in [0.15, 0.2) is 36.4 Å². The number of halogens is 1. The number of ether oxygens (including phenoxy) is 1. The molecule has 0 atom stereocenters. The number of non-ortho nitro benzene ring substituents is 1. The van der Waals surface area contributed by atoms with Crippen LogP contribution in [0.1, 0.15) is 9.67 Å². The number of nitro groups is 1. The van der Waals surface area contributed by atoms with E-state index in [0.29, 0.717) is 31.0 Å². The molecule has 0 unspecified atom stereocenters. The van der Waals surface area contributed by atoms with E-state index in [1.807, 2.05) is 6.07 Å². The lowest BCUT2D eigenvalue weighted by Gasteiger charge is -1.99. The number of thiophene rings is 1. The molecular formula is C17H10ClN3O4S2. The van der Waals surface area contributed by atoms with E-state index in [-0.39, 0.29) is 11.6 Å². The number of anilines is 1. The Bertz CT molecular complexity index is 1220. The number of carbonyl (C=O) groups is 1. The fourth-order valence-corrected chi connectivity index (χ4v) is 4.83. The summed E-state index contributed by atoms with van der Waals surface area (Å²) in [5, 5.41) is 15.0. The monoisotopic (exact) mass is 419 g/mol. The quantitative estimate of drug-likeness (QED) is 0.356. The van der Waals surface area contributed by atoms with Crippen LogP contribution >= 0.6 is 34.3 Å². The predicted molar refractivity (Wildman–Crippen MR) is 108 cm³/mol. The lowest BCUT2D eigenvalue weighted by molar-refractivity contribution is -0.384. The van der Waals surface area contributed by atoms with Gasteiger partial charge in [0, 0.05) is 22.2 Å². The average Bonchev–Trinajstić information content (AvgIpc) is 3.21. The third kappa shape index (κ3) is 3.20. The van der Waals surface area contributed by atoms with Gasteiger partial charge in [0.25, 0.3) is 11.6 Å². The van der Waals surface area contributed by atoms with Gasteiger partial charge in [-0.15, -0.1) is 11.3 Å². The highest BCUT2D eigenvalue weighted by molar-refractivity contribution is 7.23. The Morgan fingerprint density at radius 2 is 2.04 bits per heavy atom. The van der Waals surface area contributed by atoms with E-state index < -0.39 is 4.92 Å². The van der Waals surface area contributed by atoms with E-state index in [1.54, 1.807) is 25.3 Å². The van der Waals surface area contributed by atoms with Crippen LogP contribution in [0.25, 0.3) is 20.3 Å². The Morgan fingerprint density at radius 1 is 1.22 bits per heavy atom. The zero-order valence-corrected chi connectivity index (χ0v) is 16.1. The molecule has 2 aromatic carbocycles. The van der Waals surface area contributed by atoms with Crippen LogP contribution in [-0.2, 0) is 0 Å². The van der Waals surface area contributed by atoms with Crippen LogP contribution in [0.2, 0.25) is 5.02 Å². The number of hydrogen-bond donors (Lipinski definition) is 1. The SMILES string of the molecule is COc1ccc2sc(C(=O)Nc3nc4ccc([N+](=O)[O-])cc4s3)c(Cl)c2c1. The van der Waals surface area contributed by atoms with Gasteiger partial charge in [0.05, 0.1) is 27.3 Å². The molecule has 0 saturated heterocycles. The minimum atomic E-state index is -0.470. The molecule has 0 saturated carbocycles. The lowest BCUT2D eigenvalue weighted by Crippen LogP contribution is -2.10. The fourth-order valence-electron chi connectivity index (χ4n) is 2.55. The maximum atomic E-state index is 12.7. The number of amides is 1. The van der Waals surface area contributed by atoms with Crippen LogP contribution in [0.3, 0.4) is 0 Å². The third-order valence-corrected chi connectivity index (χ3v) is 6.45. The second-order valence-corrected chi connectivity index (χ2v) is 7.95. The highest BCUT2D eigenvalue weighted by Crippen LogP contribution is 2.38. The van der Waals surface area contributed by atoms with Crippen LogP contribution in [0.4, 0.5) is 10.8 Å². The molecule has 136 valence electrons. The summed E-state index contributed by atoms with van der Waals surface area (Å²) < 4.78 is 6.68. The molecule has 4 aromatic rings. The minimum Gasteiger partial charge on any atom is -0.497 e. The molecule has 0 aliphatic heterocycles. The van der Waals surface area contributed by atoms with E-state index in [0.717, 1.165) is 21.4 Å². The van der Waals surface area contributed by atoms with Crippen molar-refractivity contribution < 1.29 is 14.5 Å². The van der Waals surface area contributed by atoms with E-state index in [9.17, 15) is 14.9 Å². The Morgan fingerprint density at radius 3 is 2.78 bits per heavy atom. The molecule has 0 bridgehead atoms. The predicted octanol–water partition coefficient (Wildman–Crippen LogP) is 5.33. The molecule has 0 fully saturated rings. The highest BCUT2D eigenvalue weighted by Gasteiger charge is 2.19. The Labute approximate surface area is 165 Å². The molecule has 10 heteroatoms. The van der Waals surface area contributed by atoms with Crippen LogP contribution in [0.5, 0.6) is 5.75 Å². The molecule has 4 rings (SSSR count). The van der Waals surface area contributed by atoms with Crippen molar-refractivity contribution in [3.8, 4) is 5.75 Å². The topological polar surface area (TPSA) is 94.4 Å². The molecular weight excluding hydrogens is 410 g/mol. The number of hydrogen-bond acceptors (Lipinski definition) is 7. The number of benzene rings is 2. The fraction of sp³-hybridized carbons (Fsp3) is 0.0588. The molecule has 0 radical (unpaired) electrons. The number of aromatic nitrogens is 1. The van der Waals surface area contributed by atoms with Gasteiger partial charge in [0.2, 0.25) is 0 Å². The van der Waals surface area contributed by atoms with Gasteiger partial charge in [-0.1, -0.05) is 22.9 Å². The van der Waals surface area contributed by atoms with Crippen LogP contribution < -0.4 is 10.1 Å². The van der Waals surface area contributed by atoms with Crippen molar-refractivity contribution >= 4 is 71.3 Å². The van der Waals surface area contributed by atoms with Gasteiger partial charge in [0.1, 0.15) is 10.6 Å². The number of nitro benzene ring substituents is 1. The smallest absolute Gasteiger partial charge is 0.270 e. The number of carbonyl (C=O) groups excluding carboxylic acids is 1. The maximum absolute atomic E-state index is 12.7. The Kier molecular flexibility index (Phi) is 4.42. The van der Waals surface area contributed by atoms with Gasteiger partial charge in [-0.3, -0.25) is 20.2 Å². The highest BCUT2D eigenvalue weighted by atomic mass is 35.5. The summed E-state index contributed by atoms with van der Waals surface area (Å²) in [6.07, 6.45) is 0. The van der Waals surface area contributed by atoms with Gasteiger partial charge in [-0.05, 0) is 24.3 Å². The van der Waals surface area contributed by atoms with Gasteiger partial charge < -0.3 is 4.74 Å². The molecule has 1 amide bonds. The zero-order chi connectivity index (χ0) is 19.1. The molecule has 2 aromatic heterocycles. The largest absolute Gasteiger partial charge is 0.497 e. The normalized spacial score (nSPS) is 11.0. The van der Waals surface area contributed by atoms with E-state index in [2.05, 4.69) is 10.3 Å². The van der Waals surface area contributed by atoms with E-state index >= 15 is 0 Å². The summed E-state index contributed by atoms with van der Waals surface area (Å²) in [5.41, 5.74) is 0.554. The molecule has 0 aliphatic carbocycles. The molecule has 1 N–H and O–H groups in total. The van der Waals surface area contributed by atoms with E-state index in [4.69, 9.17) is 16.3 Å². The number of nitrogens with one attached hydrogen (secondary N) is 1. The Hall–Kier alpha value is -2.75. The van der Waals surface area contributed by atoms with Gasteiger partial charge >= 0.3 is 0 Å². The summed E-state index contributed by atoms with van der Waals surface area (Å²) in [5.74, 6) is 0.274. The van der Waals surface area contributed by atoms with Crippen molar-refractivity contribution in [3.05, 3.63) is 56.4 Å². The second kappa shape index (κ2) is 6.76. The first kappa shape index (κ1) is 17.7. The van der Waals surface area contributed by atoms with Crippen molar-refractivity contribution in [2.75, 3.05) is 12.4 Å². The average molecular weight is 420 g/mol. The first-order valence-electron chi connectivity index (χ1n) is 7.58. The van der Waals surface area contributed by atoms with Gasteiger partial charge in [-0.25, -0.2) is 4.98 Å². The van der Waals surface area contributed by atoms with E-state index in [1.165, 1.54) is 23.5 Å². The lowest BCUT2D eigenvalue weighted by atomic mass is 10.2. The summed E-state index contributed by atoms with van der Waals surface area (Å²) in [4.78, 5) is 27.7. The van der Waals surface area contributed by atoms with Crippen molar-refractivity contribution in [2.24, 2.45) is 0 Å². The molecule has 27 heavy (non-hydrogen) atoms. The molecule has 2 heterocycles. The standard InChI is InChI=1S/C17H10ClN3O4S2/c1-25-9-3-5-12-10(7-9)14(18)15(26-12)16(22)20-17-19-11-4-2-8(21(23)24)6-13(11)27-17/h2-7H,1H3,(H,19,20,22).